The number of rotatable bonds is 1. The predicted octanol–water partition coefficient (Wildman–Crippen LogP) is 0.232. The number of hydrogen-bond donors (Lipinski definition) is 1. The van der Waals surface area contributed by atoms with E-state index in [1.807, 2.05) is 0 Å². The molecule has 2 rings (SSSR count). The van der Waals surface area contributed by atoms with Gasteiger partial charge in [-0.1, -0.05) is 0 Å². The van der Waals surface area contributed by atoms with E-state index in [-0.39, 0.29) is 0 Å². The van der Waals surface area contributed by atoms with Crippen molar-refractivity contribution in [1.29, 1.82) is 0 Å². The molecular weight excluding hydrogens is 138 g/mol. The summed E-state index contributed by atoms with van der Waals surface area (Å²) >= 11 is 0. The van der Waals surface area contributed by atoms with Crippen molar-refractivity contribution in [3.63, 3.8) is 0 Å². The first kappa shape index (κ1) is 7.29. The molecule has 0 saturated heterocycles. The van der Waals surface area contributed by atoms with Gasteiger partial charge >= 0.3 is 0 Å². The smallest absolute Gasteiger partial charge is 0.139 e. The van der Waals surface area contributed by atoms with Gasteiger partial charge in [-0.2, -0.15) is 0 Å². The molecule has 2 aliphatic rings. The van der Waals surface area contributed by atoms with Gasteiger partial charge in [0.1, 0.15) is 5.78 Å². The Morgan fingerprint density at radius 2 is 2.00 bits per heavy atom. The highest BCUT2D eigenvalue weighted by Crippen LogP contribution is 2.47. The molecule has 0 radical (unpaired) electrons. The summed E-state index contributed by atoms with van der Waals surface area (Å²) < 4.78 is 0. The number of quaternary nitrogens is 1. The summed E-state index contributed by atoms with van der Waals surface area (Å²) in [7, 11) is 0. The molecule has 11 heavy (non-hydrogen) atoms. The summed E-state index contributed by atoms with van der Waals surface area (Å²) in [6.07, 6.45) is 3.88. The summed E-state index contributed by atoms with van der Waals surface area (Å²) in [5.41, 5.74) is 4.10. The lowest BCUT2D eigenvalue weighted by molar-refractivity contribution is -0.439. The summed E-state index contributed by atoms with van der Waals surface area (Å²) in [6, 6.07) is 0.436. The molecule has 2 bridgehead atoms. The molecule has 4 atom stereocenters. The van der Waals surface area contributed by atoms with Crippen molar-refractivity contribution in [3.8, 4) is 0 Å². The van der Waals surface area contributed by atoms with E-state index in [4.69, 9.17) is 0 Å². The summed E-state index contributed by atoms with van der Waals surface area (Å²) in [5.74, 6) is 2.15. The third-order valence-corrected chi connectivity index (χ3v) is 3.56. The zero-order chi connectivity index (χ0) is 8.01. The fraction of sp³-hybridized carbons (Fsp3) is 0.889. The molecule has 2 nitrogen and oxygen atoms in total. The van der Waals surface area contributed by atoms with Crippen LogP contribution in [0, 0.1) is 17.8 Å². The molecule has 2 unspecified atom stereocenters. The van der Waals surface area contributed by atoms with Crippen molar-refractivity contribution in [2.24, 2.45) is 17.8 Å². The van der Waals surface area contributed by atoms with E-state index in [2.05, 4.69) is 5.73 Å². The number of carbonyl (C=O) groups excluding carboxylic acids is 1. The van der Waals surface area contributed by atoms with Crippen LogP contribution in [-0.2, 0) is 4.79 Å². The van der Waals surface area contributed by atoms with Crippen LogP contribution >= 0.6 is 0 Å². The Morgan fingerprint density at radius 1 is 1.36 bits per heavy atom. The second kappa shape index (κ2) is 2.31. The van der Waals surface area contributed by atoms with Crippen LogP contribution < -0.4 is 5.73 Å². The SMILES string of the molecule is CC(=O)C1C([NH3+])[C@H]2CC[C@@H]1C2. The molecule has 2 aliphatic carbocycles. The average Bonchev–Trinajstić information content (AvgIpc) is 2.44. The molecule has 3 N–H and O–H groups in total. The third-order valence-electron chi connectivity index (χ3n) is 3.56. The molecule has 0 aromatic carbocycles. The van der Waals surface area contributed by atoms with Gasteiger partial charge in [0, 0.05) is 5.92 Å². The zero-order valence-corrected chi connectivity index (χ0v) is 7.05. The molecule has 2 fully saturated rings. The molecule has 2 heteroatoms. The van der Waals surface area contributed by atoms with Gasteiger partial charge in [-0.05, 0) is 32.1 Å². The number of hydrogen-bond acceptors (Lipinski definition) is 1. The van der Waals surface area contributed by atoms with Gasteiger partial charge in [-0.3, -0.25) is 4.79 Å². The fourth-order valence-corrected chi connectivity index (χ4v) is 3.04. The van der Waals surface area contributed by atoms with Crippen LogP contribution in [0.4, 0.5) is 0 Å². The van der Waals surface area contributed by atoms with E-state index in [9.17, 15) is 4.79 Å². The molecular formula is C9H16NO+. The van der Waals surface area contributed by atoms with E-state index < -0.39 is 0 Å². The van der Waals surface area contributed by atoms with Crippen LogP contribution in [0.1, 0.15) is 26.2 Å². The van der Waals surface area contributed by atoms with Crippen LogP contribution in [0.25, 0.3) is 0 Å². The minimum atomic E-state index is 0.314. The highest BCUT2D eigenvalue weighted by atomic mass is 16.1. The van der Waals surface area contributed by atoms with Gasteiger partial charge in [-0.25, -0.2) is 0 Å². The minimum absolute atomic E-state index is 0.314. The molecule has 0 aromatic rings. The van der Waals surface area contributed by atoms with Crippen LogP contribution in [0.5, 0.6) is 0 Å². The predicted molar refractivity (Wildman–Crippen MR) is 41.7 cm³/mol. The average molecular weight is 154 g/mol. The van der Waals surface area contributed by atoms with Crippen LogP contribution in [0.2, 0.25) is 0 Å². The summed E-state index contributed by atoms with van der Waals surface area (Å²) in [5, 5.41) is 0. The Balaban J connectivity index is 2.17. The standard InChI is InChI=1S/C9H15NO/c1-5(11)8-6-2-3-7(4-6)9(8)10/h6-9H,2-4,10H2,1H3/p+1/t6-,7+,8?,9?/m1/s1. The highest BCUT2D eigenvalue weighted by molar-refractivity contribution is 5.79. The Labute approximate surface area is 67.1 Å². The maximum Gasteiger partial charge on any atom is 0.139 e. The molecule has 0 spiro atoms. The number of Topliss-reactive ketones (excluding diaryl/α,β-unsaturated/α-hetero) is 1. The maximum absolute atomic E-state index is 11.2. The zero-order valence-electron chi connectivity index (χ0n) is 7.05. The van der Waals surface area contributed by atoms with Gasteiger partial charge in [-0.15, -0.1) is 0 Å². The molecule has 0 aromatic heterocycles. The maximum atomic E-state index is 11.2. The van der Waals surface area contributed by atoms with Gasteiger partial charge in [0.15, 0.2) is 0 Å². The normalized spacial score (nSPS) is 48.2. The van der Waals surface area contributed by atoms with Crippen molar-refractivity contribution in [1.82, 2.24) is 0 Å². The largest absolute Gasteiger partial charge is 0.354 e. The first-order valence-corrected chi connectivity index (χ1v) is 4.53. The van der Waals surface area contributed by atoms with E-state index in [1.165, 1.54) is 19.3 Å². The van der Waals surface area contributed by atoms with E-state index in [0.29, 0.717) is 23.7 Å². The van der Waals surface area contributed by atoms with Gasteiger partial charge in [0.2, 0.25) is 0 Å². The van der Waals surface area contributed by atoms with Crippen molar-refractivity contribution in [3.05, 3.63) is 0 Å². The highest BCUT2D eigenvalue weighted by Gasteiger charge is 2.50. The van der Waals surface area contributed by atoms with Crippen molar-refractivity contribution in [2.75, 3.05) is 0 Å². The van der Waals surface area contributed by atoms with Crippen LogP contribution in [0.3, 0.4) is 0 Å². The topological polar surface area (TPSA) is 44.7 Å². The Bertz CT molecular complexity index is 188. The molecule has 0 aliphatic heterocycles. The lowest BCUT2D eigenvalue weighted by atomic mass is 9.83. The number of carbonyl (C=O) groups is 1. The Hall–Kier alpha value is -0.370. The van der Waals surface area contributed by atoms with Crippen LogP contribution in [0.15, 0.2) is 0 Å². The van der Waals surface area contributed by atoms with Crippen molar-refractivity contribution < 1.29 is 10.5 Å². The third kappa shape index (κ3) is 0.924. The number of fused-ring (bicyclic) bond motifs is 2. The van der Waals surface area contributed by atoms with E-state index in [1.54, 1.807) is 6.92 Å². The van der Waals surface area contributed by atoms with Crippen molar-refractivity contribution in [2.45, 2.75) is 32.2 Å². The van der Waals surface area contributed by atoms with E-state index >= 15 is 0 Å². The first-order chi connectivity index (χ1) is 5.20. The minimum Gasteiger partial charge on any atom is -0.354 e. The lowest BCUT2D eigenvalue weighted by Gasteiger charge is -2.22. The summed E-state index contributed by atoms with van der Waals surface area (Å²) in [6.45, 7) is 1.73. The lowest BCUT2D eigenvalue weighted by Crippen LogP contribution is -2.67. The molecule has 0 heterocycles. The first-order valence-electron chi connectivity index (χ1n) is 4.53. The fourth-order valence-electron chi connectivity index (χ4n) is 3.04. The van der Waals surface area contributed by atoms with Crippen molar-refractivity contribution >= 4 is 5.78 Å². The molecule has 62 valence electrons. The number of ketones is 1. The van der Waals surface area contributed by atoms with Crippen LogP contribution in [-0.4, -0.2) is 11.8 Å². The quantitative estimate of drug-likeness (QED) is 0.577. The second-order valence-corrected chi connectivity index (χ2v) is 4.13. The van der Waals surface area contributed by atoms with Gasteiger partial charge in [0.05, 0.1) is 12.0 Å². The Morgan fingerprint density at radius 3 is 2.36 bits per heavy atom. The van der Waals surface area contributed by atoms with E-state index in [0.717, 1.165) is 5.92 Å². The Kier molecular flexibility index (Phi) is 1.53. The molecule has 2 saturated carbocycles. The summed E-state index contributed by atoms with van der Waals surface area (Å²) in [4.78, 5) is 11.2. The molecule has 0 amide bonds. The second-order valence-electron chi connectivity index (χ2n) is 4.13. The van der Waals surface area contributed by atoms with Gasteiger partial charge < -0.3 is 5.73 Å². The monoisotopic (exact) mass is 154 g/mol. The van der Waals surface area contributed by atoms with Gasteiger partial charge in [0.25, 0.3) is 0 Å².